The Balaban J connectivity index is 1.21. The molecular weight excluding hydrogens is 486 g/mol. The average molecular weight is 520 g/mol. The van der Waals surface area contributed by atoms with Gasteiger partial charge in [-0.2, -0.15) is 0 Å². The van der Waals surface area contributed by atoms with Crippen LogP contribution in [0.15, 0.2) is 60.2 Å². The van der Waals surface area contributed by atoms with Gasteiger partial charge < -0.3 is 19.5 Å². The van der Waals surface area contributed by atoms with Crippen molar-refractivity contribution in [3.05, 3.63) is 76.3 Å². The second kappa shape index (κ2) is 9.59. The number of hydrogen-bond donors (Lipinski definition) is 1. The average Bonchev–Trinajstić information content (AvgIpc) is 3.60. The number of halogens is 1. The maximum Gasteiger partial charge on any atom is 0.143 e. The molecule has 0 saturated carbocycles. The Kier molecular flexibility index (Phi) is 6.40. The summed E-state index contributed by atoms with van der Waals surface area (Å²) in [5.41, 5.74) is 4.64. The number of benzene rings is 2. The number of aliphatic hydroxyl groups is 1. The minimum Gasteiger partial charge on any atom is -0.491 e. The van der Waals surface area contributed by atoms with Gasteiger partial charge in [0.05, 0.1) is 17.7 Å². The summed E-state index contributed by atoms with van der Waals surface area (Å²) in [7, 11) is 0. The Bertz CT molecular complexity index is 1250. The molecule has 4 aliphatic rings. The van der Waals surface area contributed by atoms with Gasteiger partial charge in [0.25, 0.3) is 0 Å². The second-order valence-electron chi connectivity index (χ2n) is 11.1. The zero-order chi connectivity index (χ0) is 25.7. The van der Waals surface area contributed by atoms with Crippen LogP contribution in [0.4, 0.5) is 5.69 Å². The smallest absolute Gasteiger partial charge is 0.143 e. The van der Waals surface area contributed by atoms with Crippen LogP contribution in [0.2, 0.25) is 5.02 Å². The van der Waals surface area contributed by atoms with Crippen LogP contribution in [0.3, 0.4) is 0 Å². The lowest BCUT2D eigenvalue weighted by atomic mass is 9.89. The quantitative estimate of drug-likeness (QED) is 0.458. The van der Waals surface area contributed by atoms with Gasteiger partial charge in [0.15, 0.2) is 0 Å². The Hall–Kier alpha value is -2.64. The lowest BCUT2D eigenvalue weighted by molar-refractivity contribution is -0.109. The molecule has 0 spiro atoms. The molecule has 4 unspecified atom stereocenters. The number of nitrogens with zero attached hydrogens (tertiary/aromatic N) is 3. The van der Waals surface area contributed by atoms with Crippen LogP contribution in [0.25, 0.3) is 5.57 Å². The fourth-order valence-corrected chi connectivity index (χ4v) is 6.09. The van der Waals surface area contributed by atoms with Crippen molar-refractivity contribution < 1.29 is 14.6 Å². The molecule has 2 aromatic rings. The van der Waals surface area contributed by atoms with Crippen molar-refractivity contribution in [2.75, 3.05) is 44.2 Å². The summed E-state index contributed by atoms with van der Waals surface area (Å²) < 4.78 is 6.28. The van der Waals surface area contributed by atoms with Gasteiger partial charge >= 0.3 is 0 Å². The summed E-state index contributed by atoms with van der Waals surface area (Å²) in [6.07, 6.45) is 6.68. The molecule has 0 amide bonds. The standard InChI is InChI=1S/C30H34ClN3O3/c1-30(2,36)20-5-10-29-27(14-20)25(26-15-23-17-34(23)28(26)19-37-29)4-3-11-32-12-13-33(24(16-32)18-35)22-8-6-21(31)7-9-22/h4-10,14-15,18,23-24,28,36H,3,11-13,16-17,19H2,1-2H3/b25-4+. The molecular formula is C30H34ClN3O3. The van der Waals surface area contributed by atoms with Crippen molar-refractivity contribution in [2.45, 2.75) is 44.0 Å². The van der Waals surface area contributed by atoms with E-state index in [0.717, 1.165) is 61.4 Å². The highest BCUT2D eigenvalue weighted by Gasteiger charge is 2.48. The van der Waals surface area contributed by atoms with Gasteiger partial charge in [0.2, 0.25) is 0 Å². The molecule has 6 rings (SSSR count). The SMILES string of the molecule is CC(C)(O)c1ccc2c(c1)/C(=C/CCN1CCN(c3ccc(Cl)cc3)C(C=O)C1)C1=CC3CN3C1CO2. The summed E-state index contributed by atoms with van der Waals surface area (Å²) in [6, 6.07) is 14.4. The highest BCUT2D eigenvalue weighted by molar-refractivity contribution is 6.30. The molecule has 4 aliphatic heterocycles. The number of aldehydes is 1. The molecule has 4 atom stereocenters. The highest BCUT2D eigenvalue weighted by Crippen LogP contribution is 2.46. The molecule has 1 N–H and O–H groups in total. The Morgan fingerprint density at radius 1 is 1.14 bits per heavy atom. The number of rotatable bonds is 6. The van der Waals surface area contributed by atoms with Gasteiger partial charge in [-0.05, 0) is 73.4 Å². The zero-order valence-electron chi connectivity index (χ0n) is 21.4. The third kappa shape index (κ3) is 4.84. The van der Waals surface area contributed by atoms with Gasteiger partial charge in [0, 0.05) is 55.0 Å². The van der Waals surface area contributed by atoms with E-state index in [2.05, 4.69) is 32.9 Å². The van der Waals surface area contributed by atoms with Gasteiger partial charge in [-0.3, -0.25) is 9.80 Å². The maximum absolute atomic E-state index is 12.0. The van der Waals surface area contributed by atoms with Gasteiger partial charge in [-0.1, -0.05) is 29.8 Å². The van der Waals surface area contributed by atoms with Gasteiger partial charge in [0.1, 0.15) is 18.6 Å². The topological polar surface area (TPSA) is 56.0 Å². The van der Waals surface area contributed by atoms with E-state index in [1.54, 1.807) is 0 Å². The molecule has 6 nitrogen and oxygen atoms in total. The molecule has 0 radical (unpaired) electrons. The number of fused-ring (bicyclic) bond motifs is 4. The van der Waals surface area contributed by atoms with Crippen LogP contribution >= 0.6 is 11.6 Å². The minimum absolute atomic E-state index is 0.175. The maximum atomic E-state index is 12.0. The molecule has 2 aromatic carbocycles. The number of hydrogen-bond acceptors (Lipinski definition) is 6. The molecule has 2 fully saturated rings. The van der Waals surface area contributed by atoms with E-state index in [1.165, 1.54) is 11.1 Å². The molecule has 37 heavy (non-hydrogen) atoms. The lowest BCUT2D eigenvalue weighted by Crippen LogP contribution is -2.54. The molecule has 194 valence electrons. The molecule has 7 heteroatoms. The number of carbonyl (C=O) groups is 1. The van der Waals surface area contributed by atoms with Crippen LogP contribution in [-0.4, -0.2) is 78.6 Å². The fourth-order valence-electron chi connectivity index (χ4n) is 5.96. The third-order valence-corrected chi connectivity index (χ3v) is 8.37. The summed E-state index contributed by atoms with van der Waals surface area (Å²) in [6.45, 7) is 8.71. The van der Waals surface area contributed by atoms with Crippen molar-refractivity contribution in [1.29, 1.82) is 0 Å². The van der Waals surface area contributed by atoms with E-state index < -0.39 is 5.60 Å². The lowest BCUT2D eigenvalue weighted by Gasteiger charge is -2.40. The molecule has 4 heterocycles. The predicted molar refractivity (Wildman–Crippen MR) is 147 cm³/mol. The molecule has 0 bridgehead atoms. The first-order chi connectivity index (χ1) is 17.8. The fraction of sp³-hybridized carbons (Fsp3) is 0.433. The van der Waals surface area contributed by atoms with Crippen LogP contribution in [0.5, 0.6) is 5.75 Å². The number of piperazine rings is 1. The van der Waals surface area contributed by atoms with Crippen molar-refractivity contribution in [1.82, 2.24) is 9.80 Å². The summed E-state index contributed by atoms with van der Waals surface area (Å²) in [5.74, 6) is 0.880. The Morgan fingerprint density at radius 3 is 2.70 bits per heavy atom. The van der Waals surface area contributed by atoms with E-state index in [0.29, 0.717) is 24.2 Å². The normalized spacial score (nSPS) is 28.1. The van der Waals surface area contributed by atoms with Crippen molar-refractivity contribution in [3.63, 3.8) is 0 Å². The summed E-state index contributed by atoms with van der Waals surface area (Å²) in [4.78, 5) is 19.0. The van der Waals surface area contributed by atoms with Crippen molar-refractivity contribution >= 4 is 29.1 Å². The van der Waals surface area contributed by atoms with Gasteiger partial charge in [-0.25, -0.2) is 0 Å². The molecule has 0 aromatic heterocycles. The van der Waals surface area contributed by atoms with Crippen LogP contribution in [-0.2, 0) is 10.4 Å². The third-order valence-electron chi connectivity index (χ3n) is 8.12. The van der Waals surface area contributed by atoms with E-state index >= 15 is 0 Å². The van der Waals surface area contributed by atoms with E-state index in [-0.39, 0.29) is 12.1 Å². The van der Waals surface area contributed by atoms with E-state index in [1.807, 2.05) is 50.2 Å². The predicted octanol–water partition coefficient (Wildman–Crippen LogP) is 4.12. The first-order valence-corrected chi connectivity index (χ1v) is 13.6. The second-order valence-corrected chi connectivity index (χ2v) is 11.5. The molecule has 2 saturated heterocycles. The zero-order valence-corrected chi connectivity index (χ0v) is 22.2. The largest absolute Gasteiger partial charge is 0.491 e. The first kappa shape index (κ1) is 24.7. The summed E-state index contributed by atoms with van der Waals surface area (Å²) >= 11 is 6.05. The van der Waals surface area contributed by atoms with Crippen LogP contribution in [0, 0.1) is 0 Å². The first-order valence-electron chi connectivity index (χ1n) is 13.2. The Labute approximate surface area is 223 Å². The molecule has 0 aliphatic carbocycles. The van der Waals surface area contributed by atoms with E-state index in [9.17, 15) is 9.90 Å². The number of carbonyl (C=O) groups excluding carboxylic acids is 1. The highest BCUT2D eigenvalue weighted by atomic mass is 35.5. The van der Waals surface area contributed by atoms with E-state index in [4.69, 9.17) is 16.3 Å². The van der Waals surface area contributed by atoms with Crippen molar-refractivity contribution in [2.24, 2.45) is 0 Å². The van der Waals surface area contributed by atoms with Crippen molar-refractivity contribution in [3.8, 4) is 5.75 Å². The Morgan fingerprint density at radius 2 is 1.95 bits per heavy atom. The minimum atomic E-state index is -0.921. The summed E-state index contributed by atoms with van der Waals surface area (Å²) in [5, 5.41) is 11.4. The number of anilines is 1. The van der Waals surface area contributed by atoms with Crippen LogP contribution < -0.4 is 9.64 Å². The number of ether oxygens (including phenoxy) is 1. The van der Waals surface area contributed by atoms with Gasteiger partial charge in [-0.15, -0.1) is 0 Å². The van der Waals surface area contributed by atoms with Crippen LogP contribution in [0.1, 0.15) is 31.4 Å². The monoisotopic (exact) mass is 519 g/mol.